The lowest BCUT2D eigenvalue weighted by Crippen LogP contribution is -2.48. The fraction of sp³-hybridized carbons (Fsp3) is 0.333. The zero-order chi connectivity index (χ0) is 20.9. The highest BCUT2D eigenvalue weighted by atomic mass is 32.2. The Bertz CT molecular complexity index is 989. The van der Waals surface area contributed by atoms with Gasteiger partial charge in [-0.3, -0.25) is 4.79 Å². The van der Waals surface area contributed by atoms with Crippen LogP contribution in [-0.2, 0) is 26.0 Å². The molecule has 3 rings (SSSR count). The molecule has 0 bridgehead atoms. The zero-order valence-corrected chi connectivity index (χ0v) is 16.9. The van der Waals surface area contributed by atoms with Crippen molar-refractivity contribution >= 4 is 21.7 Å². The van der Waals surface area contributed by atoms with E-state index in [-0.39, 0.29) is 18.1 Å². The van der Waals surface area contributed by atoms with Crippen LogP contribution in [0.15, 0.2) is 54.6 Å². The number of benzene rings is 2. The number of carbonyl (C=O) groups is 2. The first-order chi connectivity index (χ1) is 13.8. The van der Waals surface area contributed by atoms with Crippen LogP contribution in [0.1, 0.15) is 29.3 Å². The van der Waals surface area contributed by atoms with Crippen molar-refractivity contribution < 1.29 is 27.5 Å². The SMILES string of the molecule is C[C@@]1(NC(=O)COC(=O)c2ccccc2COc2ccccc2)CCS(=O)(=O)C1. The van der Waals surface area contributed by atoms with Crippen LogP contribution in [-0.4, -0.2) is 43.9 Å². The molecule has 1 amide bonds. The van der Waals surface area contributed by atoms with Crippen LogP contribution in [0.5, 0.6) is 5.75 Å². The average Bonchev–Trinajstić information content (AvgIpc) is 2.98. The van der Waals surface area contributed by atoms with Crippen LogP contribution in [0.4, 0.5) is 0 Å². The number of carbonyl (C=O) groups excluding carboxylic acids is 2. The van der Waals surface area contributed by atoms with Crippen molar-refractivity contribution in [1.29, 1.82) is 0 Å². The molecule has 0 aliphatic carbocycles. The van der Waals surface area contributed by atoms with Crippen LogP contribution >= 0.6 is 0 Å². The summed E-state index contributed by atoms with van der Waals surface area (Å²) in [6, 6.07) is 16.1. The summed E-state index contributed by atoms with van der Waals surface area (Å²) in [6.45, 7) is 1.37. The summed E-state index contributed by atoms with van der Waals surface area (Å²) < 4.78 is 34.1. The fourth-order valence-corrected chi connectivity index (χ4v) is 5.31. The molecule has 1 N–H and O–H groups in total. The molecular weight excluding hydrogens is 394 g/mol. The van der Waals surface area contributed by atoms with Gasteiger partial charge in [0.05, 0.1) is 22.6 Å². The van der Waals surface area contributed by atoms with Gasteiger partial charge in [-0.15, -0.1) is 0 Å². The number of nitrogens with one attached hydrogen (secondary N) is 1. The molecule has 1 saturated heterocycles. The molecule has 0 aromatic heterocycles. The van der Waals surface area contributed by atoms with Crippen molar-refractivity contribution in [2.75, 3.05) is 18.1 Å². The van der Waals surface area contributed by atoms with E-state index in [1.54, 1.807) is 31.2 Å². The Kier molecular flexibility index (Phi) is 6.22. The van der Waals surface area contributed by atoms with Crippen molar-refractivity contribution in [3.63, 3.8) is 0 Å². The van der Waals surface area contributed by atoms with E-state index in [0.717, 1.165) is 0 Å². The molecule has 2 aromatic carbocycles. The van der Waals surface area contributed by atoms with Crippen molar-refractivity contribution in [3.05, 3.63) is 65.7 Å². The van der Waals surface area contributed by atoms with Gasteiger partial charge in [0.25, 0.3) is 5.91 Å². The molecule has 0 spiro atoms. The summed E-state index contributed by atoms with van der Waals surface area (Å²) in [6.07, 6.45) is 0.342. The van der Waals surface area contributed by atoms with E-state index < -0.39 is 33.9 Å². The molecule has 0 saturated carbocycles. The molecule has 1 aliphatic rings. The first-order valence-corrected chi connectivity index (χ1v) is 11.0. The van der Waals surface area contributed by atoms with E-state index in [1.807, 2.05) is 30.3 Å². The third kappa shape index (κ3) is 5.80. The second-order valence-corrected chi connectivity index (χ2v) is 9.47. The molecule has 7 nitrogen and oxygen atoms in total. The van der Waals surface area contributed by atoms with Gasteiger partial charge >= 0.3 is 5.97 Å². The topological polar surface area (TPSA) is 98.8 Å². The van der Waals surface area contributed by atoms with Crippen molar-refractivity contribution in [3.8, 4) is 5.75 Å². The average molecular weight is 417 g/mol. The van der Waals surface area contributed by atoms with Crippen molar-refractivity contribution in [2.24, 2.45) is 0 Å². The Hall–Kier alpha value is -2.87. The fourth-order valence-electron chi connectivity index (χ4n) is 3.21. The second kappa shape index (κ2) is 8.65. The minimum absolute atomic E-state index is 0.0400. The van der Waals surface area contributed by atoms with Gasteiger partial charge in [0, 0.05) is 5.56 Å². The first kappa shape index (κ1) is 20.9. The maximum Gasteiger partial charge on any atom is 0.339 e. The number of para-hydroxylation sites is 1. The monoisotopic (exact) mass is 417 g/mol. The lowest BCUT2D eigenvalue weighted by molar-refractivity contribution is -0.125. The second-order valence-electron chi connectivity index (χ2n) is 7.29. The van der Waals surface area contributed by atoms with Gasteiger partial charge in [0.1, 0.15) is 12.4 Å². The van der Waals surface area contributed by atoms with Gasteiger partial charge in [-0.2, -0.15) is 0 Å². The smallest absolute Gasteiger partial charge is 0.339 e. The summed E-state index contributed by atoms with van der Waals surface area (Å²) in [5.41, 5.74) is 0.116. The Morgan fingerprint density at radius 3 is 2.45 bits per heavy atom. The largest absolute Gasteiger partial charge is 0.489 e. The van der Waals surface area contributed by atoms with Crippen LogP contribution < -0.4 is 10.1 Å². The van der Waals surface area contributed by atoms with Crippen LogP contribution in [0, 0.1) is 0 Å². The zero-order valence-electron chi connectivity index (χ0n) is 16.1. The molecule has 2 aromatic rings. The van der Waals surface area contributed by atoms with E-state index >= 15 is 0 Å². The maximum atomic E-state index is 12.4. The van der Waals surface area contributed by atoms with E-state index in [1.165, 1.54) is 0 Å². The molecule has 1 heterocycles. The molecule has 8 heteroatoms. The number of hydrogen-bond acceptors (Lipinski definition) is 6. The molecular formula is C21H23NO6S. The third-order valence-corrected chi connectivity index (χ3v) is 6.56. The predicted molar refractivity (Wildman–Crippen MR) is 107 cm³/mol. The molecule has 0 unspecified atom stereocenters. The van der Waals surface area contributed by atoms with E-state index in [9.17, 15) is 18.0 Å². The van der Waals surface area contributed by atoms with Crippen molar-refractivity contribution in [2.45, 2.75) is 25.5 Å². The first-order valence-electron chi connectivity index (χ1n) is 9.21. The van der Waals surface area contributed by atoms with Gasteiger partial charge < -0.3 is 14.8 Å². The molecule has 154 valence electrons. The van der Waals surface area contributed by atoms with Gasteiger partial charge in [-0.25, -0.2) is 13.2 Å². The number of amides is 1. The highest BCUT2D eigenvalue weighted by molar-refractivity contribution is 7.91. The summed E-state index contributed by atoms with van der Waals surface area (Å²) in [4.78, 5) is 24.6. The standard InChI is InChI=1S/C21H23NO6S/c1-21(11-12-29(25,26)15-21)22-19(23)14-28-20(24)18-10-6-5-7-16(18)13-27-17-8-3-2-4-9-17/h2-10H,11-15H2,1H3,(H,22,23)/t21-/m1/s1. The highest BCUT2D eigenvalue weighted by Gasteiger charge is 2.39. The molecule has 1 fully saturated rings. The molecule has 1 atom stereocenters. The Morgan fingerprint density at radius 1 is 1.07 bits per heavy atom. The third-order valence-electron chi connectivity index (χ3n) is 4.65. The van der Waals surface area contributed by atoms with Crippen molar-refractivity contribution in [1.82, 2.24) is 5.32 Å². The van der Waals surface area contributed by atoms with Gasteiger partial charge in [-0.05, 0) is 31.5 Å². The lowest BCUT2D eigenvalue weighted by Gasteiger charge is -2.23. The lowest BCUT2D eigenvalue weighted by atomic mass is 10.0. The molecule has 1 aliphatic heterocycles. The highest BCUT2D eigenvalue weighted by Crippen LogP contribution is 2.22. The number of ether oxygens (including phenoxy) is 2. The number of rotatable bonds is 7. The van der Waals surface area contributed by atoms with Crippen LogP contribution in [0.25, 0.3) is 0 Å². The summed E-state index contributed by atoms with van der Waals surface area (Å²) in [5, 5.41) is 2.66. The summed E-state index contributed by atoms with van der Waals surface area (Å²) in [5.74, 6) is -0.570. The number of hydrogen-bond donors (Lipinski definition) is 1. The van der Waals surface area contributed by atoms with E-state index in [2.05, 4.69) is 5.32 Å². The quantitative estimate of drug-likeness (QED) is 0.693. The maximum absolute atomic E-state index is 12.4. The minimum atomic E-state index is -3.15. The van der Waals surface area contributed by atoms with Gasteiger partial charge in [-0.1, -0.05) is 36.4 Å². The predicted octanol–water partition coefficient (Wildman–Crippen LogP) is 2.12. The van der Waals surface area contributed by atoms with Gasteiger partial charge in [0.2, 0.25) is 0 Å². The van der Waals surface area contributed by atoms with Crippen LogP contribution in [0.3, 0.4) is 0 Å². The number of sulfone groups is 1. The normalized spacial score (nSPS) is 20.0. The van der Waals surface area contributed by atoms with E-state index in [0.29, 0.717) is 23.3 Å². The number of esters is 1. The Labute approximate surface area is 169 Å². The summed E-state index contributed by atoms with van der Waals surface area (Å²) in [7, 11) is -3.15. The minimum Gasteiger partial charge on any atom is -0.489 e. The summed E-state index contributed by atoms with van der Waals surface area (Å²) >= 11 is 0. The Balaban J connectivity index is 1.56. The van der Waals surface area contributed by atoms with Crippen LogP contribution in [0.2, 0.25) is 0 Å². The molecule has 29 heavy (non-hydrogen) atoms. The van der Waals surface area contributed by atoms with E-state index in [4.69, 9.17) is 9.47 Å². The Morgan fingerprint density at radius 2 is 1.76 bits per heavy atom. The molecule has 0 radical (unpaired) electrons. The van der Waals surface area contributed by atoms with Gasteiger partial charge in [0.15, 0.2) is 16.4 Å².